The molecule has 1 aliphatic carbocycles. The number of nitrogens with one attached hydrogen (secondary N) is 1. The summed E-state index contributed by atoms with van der Waals surface area (Å²) < 4.78 is 5.68. The van der Waals surface area contributed by atoms with Crippen LogP contribution in [-0.2, 0) is 0 Å². The number of hydrogen-bond donors (Lipinski definition) is 1. The van der Waals surface area contributed by atoms with Gasteiger partial charge in [-0.1, -0.05) is 6.07 Å². The molecule has 0 radical (unpaired) electrons. The first-order chi connectivity index (χ1) is 9.29. The van der Waals surface area contributed by atoms with E-state index in [0.717, 1.165) is 25.3 Å². The molecule has 1 saturated carbocycles. The number of hydrogen-bond acceptors (Lipinski definition) is 3. The molecule has 1 heterocycles. The van der Waals surface area contributed by atoms with Gasteiger partial charge in [0.2, 0.25) is 0 Å². The van der Waals surface area contributed by atoms with Crippen LogP contribution in [0.25, 0.3) is 0 Å². The molecule has 102 valence electrons. The van der Waals surface area contributed by atoms with E-state index in [9.17, 15) is 4.79 Å². The van der Waals surface area contributed by atoms with Gasteiger partial charge < -0.3 is 15.0 Å². The lowest BCUT2D eigenvalue weighted by atomic mass is 10.1. The summed E-state index contributed by atoms with van der Waals surface area (Å²) in [6.45, 7) is 5.09. The third-order valence-electron chi connectivity index (χ3n) is 3.75. The van der Waals surface area contributed by atoms with Gasteiger partial charge in [0, 0.05) is 19.6 Å². The van der Waals surface area contributed by atoms with Gasteiger partial charge in [0.1, 0.15) is 6.61 Å². The van der Waals surface area contributed by atoms with Crippen molar-refractivity contribution in [3.8, 4) is 5.75 Å². The second-order valence-corrected chi connectivity index (χ2v) is 5.24. The zero-order valence-corrected chi connectivity index (χ0v) is 11.3. The highest BCUT2D eigenvalue weighted by Crippen LogP contribution is 2.34. The molecule has 1 aliphatic heterocycles. The van der Waals surface area contributed by atoms with Gasteiger partial charge in [0.25, 0.3) is 5.91 Å². The maximum Gasteiger partial charge on any atom is 0.257 e. The summed E-state index contributed by atoms with van der Waals surface area (Å²) in [5, 5.41) is 3.27. The van der Waals surface area contributed by atoms with Gasteiger partial charge in [-0.15, -0.1) is 0 Å². The van der Waals surface area contributed by atoms with Gasteiger partial charge in [-0.25, -0.2) is 0 Å². The zero-order valence-electron chi connectivity index (χ0n) is 11.3. The third-order valence-corrected chi connectivity index (χ3v) is 3.75. The molecule has 0 atom stereocenters. The van der Waals surface area contributed by atoms with Crippen molar-refractivity contribution in [1.29, 1.82) is 0 Å². The first-order valence-electron chi connectivity index (χ1n) is 7.08. The van der Waals surface area contributed by atoms with Gasteiger partial charge in [-0.3, -0.25) is 4.79 Å². The van der Waals surface area contributed by atoms with Crippen molar-refractivity contribution < 1.29 is 9.53 Å². The largest absolute Gasteiger partial charge is 0.489 e. The minimum Gasteiger partial charge on any atom is -0.489 e. The van der Waals surface area contributed by atoms with Gasteiger partial charge in [-0.05, 0) is 37.8 Å². The number of carbonyl (C=O) groups is 1. The van der Waals surface area contributed by atoms with E-state index in [1.807, 2.05) is 30.0 Å². The maximum atomic E-state index is 12.6. The molecule has 1 aromatic carbocycles. The fourth-order valence-electron chi connectivity index (χ4n) is 2.48. The second-order valence-electron chi connectivity index (χ2n) is 5.24. The molecule has 0 spiro atoms. The average Bonchev–Trinajstić information content (AvgIpc) is 3.27. The molecule has 4 heteroatoms. The topological polar surface area (TPSA) is 41.6 Å². The second kappa shape index (κ2) is 5.11. The summed E-state index contributed by atoms with van der Waals surface area (Å²) in [7, 11) is 0. The number of benzene rings is 1. The number of carbonyl (C=O) groups excluding carboxylic acids is 1. The number of ether oxygens (including phenoxy) is 1. The van der Waals surface area contributed by atoms with E-state index in [-0.39, 0.29) is 5.91 Å². The van der Waals surface area contributed by atoms with Crippen LogP contribution >= 0.6 is 0 Å². The Morgan fingerprint density at radius 3 is 3.05 bits per heavy atom. The van der Waals surface area contributed by atoms with Crippen molar-refractivity contribution >= 4 is 11.6 Å². The smallest absolute Gasteiger partial charge is 0.257 e. The quantitative estimate of drug-likeness (QED) is 0.903. The summed E-state index contributed by atoms with van der Waals surface area (Å²) >= 11 is 0. The number of anilines is 1. The summed E-state index contributed by atoms with van der Waals surface area (Å²) in [4.78, 5) is 14.6. The maximum absolute atomic E-state index is 12.6. The molecule has 1 aromatic rings. The van der Waals surface area contributed by atoms with Crippen molar-refractivity contribution in [2.24, 2.45) is 5.92 Å². The molecular weight excluding hydrogens is 240 g/mol. The molecule has 3 rings (SSSR count). The first-order valence-corrected chi connectivity index (χ1v) is 7.08. The highest BCUT2D eigenvalue weighted by molar-refractivity contribution is 5.99. The van der Waals surface area contributed by atoms with Gasteiger partial charge in [0.15, 0.2) is 5.75 Å². The Hall–Kier alpha value is -1.71. The monoisotopic (exact) mass is 260 g/mol. The Balaban J connectivity index is 1.85. The fraction of sp³-hybridized carbons (Fsp3) is 0.533. The van der Waals surface area contributed by atoms with Crippen molar-refractivity contribution in [3.05, 3.63) is 23.8 Å². The minimum atomic E-state index is 0.0925. The van der Waals surface area contributed by atoms with Crippen LogP contribution in [0.5, 0.6) is 5.75 Å². The van der Waals surface area contributed by atoms with Crippen LogP contribution in [0.2, 0.25) is 0 Å². The molecule has 0 aromatic heterocycles. The molecule has 1 N–H and O–H groups in total. The summed E-state index contributed by atoms with van der Waals surface area (Å²) in [5.74, 6) is 1.52. The van der Waals surface area contributed by atoms with Crippen molar-refractivity contribution in [2.75, 3.05) is 31.6 Å². The number of fused-ring (bicyclic) bond motifs is 1. The molecule has 19 heavy (non-hydrogen) atoms. The Morgan fingerprint density at radius 2 is 2.32 bits per heavy atom. The Morgan fingerprint density at radius 1 is 1.47 bits per heavy atom. The molecule has 0 unspecified atom stereocenters. The third kappa shape index (κ3) is 2.53. The van der Waals surface area contributed by atoms with Crippen LogP contribution in [0.15, 0.2) is 18.2 Å². The standard InChI is InChI=1S/C15H20N2O2/c1-2-17(10-11-6-7-11)15(18)12-4-3-5-13-14(12)19-9-8-16-13/h3-5,11,16H,2,6-10H2,1H3. The number of amides is 1. The Bertz CT molecular complexity index is 483. The molecule has 0 saturated heterocycles. The number of para-hydroxylation sites is 1. The highest BCUT2D eigenvalue weighted by Gasteiger charge is 2.28. The summed E-state index contributed by atoms with van der Waals surface area (Å²) in [6, 6.07) is 5.74. The van der Waals surface area contributed by atoms with Crippen LogP contribution in [0.1, 0.15) is 30.1 Å². The highest BCUT2D eigenvalue weighted by atomic mass is 16.5. The van der Waals surface area contributed by atoms with E-state index in [0.29, 0.717) is 23.8 Å². The summed E-state index contributed by atoms with van der Waals surface area (Å²) in [6.07, 6.45) is 2.52. The van der Waals surface area contributed by atoms with E-state index in [4.69, 9.17) is 4.74 Å². The number of rotatable bonds is 4. The van der Waals surface area contributed by atoms with Crippen LogP contribution < -0.4 is 10.1 Å². The van der Waals surface area contributed by atoms with E-state index >= 15 is 0 Å². The number of nitrogens with zero attached hydrogens (tertiary/aromatic N) is 1. The van der Waals surface area contributed by atoms with Crippen molar-refractivity contribution in [3.63, 3.8) is 0 Å². The van der Waals surface area contributed by atoms with Gasteiger partial charge >= 0.3 is 0 Å². The minimum absolute atomic E-state index is 0.0925. The Kier molecular flexibility index (Phi) is 3.32. The summed E-state index contributed by atoms with van der Waals surface area (Å²) in [5.41, 5.74) is 1.62. The van der Waals surface area contributed by atoms with E-state index in [2.05, 4.69) is 5.32 Å². The fourth-order valence-corrected chi connectivity index (χ4v) is 2.48. The predicted molar refractivity (Wildman–Crippen MR) is 74.7 cm³/mol. The molecule has 1 amide bonds. The van der Waals surface area contributed by atoms with Crippen LogP contribution in [0.4, 0.5) is 5.69 Å². The SMILES string of the molecule is CCN(CC1CC1)C(=O)c1cccc2c1OCCN2. The molecular formula is C15H20N2O2. The Labute approximate surface area is 113 Å². The lowest BCUT2D eigenvalue weighted by Gasteiger charge is -2.25. The normalized spacial score (nSPS) is 17.1. The predicted octanol–water partition coefficient (Wildman–Crippen LogP) is 2.36. The van der Waals surface area contributed by atoms with Crippen LogP contribution in [0.3, 0.4) is 0 Å². The van der Waals surface area contributed by atoms with Crippen molar-refractivity contribution in [2.45, 2.75) is 19.8 Å². The van der Waals surface area contributed by atoms with E-state index in [1.165, 1.54) is 12.8 Å². The molecule has 1 fully saturated rings. The van der Waals surface area contributed by atoms with Crippen LogP contribution in [0, 0.1) is 5.92 Å². The zero-order chi connectivity index (χ0) is 13.2. The molecule has 0 bridgehead atoms. The molecule has 2 aliphatic rings. The van der Waals surface area contributed by atoms with Gasteiger partial charge in [0.05, 0.1) is 11.3 Å². The van der Waals surface area contributed by atoms with Crippen LogP contribution in [-0.4, -0.2) is 37.0 Å². The lowest BCUT2D eigenvalue weighted by Crippen LogP contribution is -2.33. The van der Waals surface area contributed by atoms with Crippen molar-refractivity contribution in [1.82, 2.24) is 4.90 Å². The average molecular weight is 260 g/mol. The van der Waals surface area contributed by atoms with E-state index in [1.54, 1.807) is 0 Å². The lowest BCUT2D eigenvalue weighted by molar-refractivity contribution is 0.0752. The molecule has 4 nitrogen and oxygen atoms in total. The first kappa shape index (κ1) is 12.3. The van der Waals surface area contributed by atoms with Gasteiger partial charge in [-0.2, -0.15) is 0 Å². The van der Waals surface area contributed by atoms with E-state index < -0.39 is 0 Å².